The van der Waals surface area contributed by atoms with E-state index in [0.29, 0.717) is 38.6 Å². The second-order valence-electron chi connectivity index (χ2n) is 6.13. The van der Waals surface area contributed by atoms with Crippen LogP contribution in [0.15, 0.2) is 78.0 Å². The Balaban J connectivity index is 1.80. The molecule has 4 nitrogen and oxygen atoms in total. The van der Waals surface area contributed by atoms with E-state index in [4.69, 9.17) is 11.6 Å². The number of hydrogen-bond acceptors (Lipinski definition) is 4. The highest BCUT2D eigenvalue weighted by molar-refractivity contribution is 7.98. The van der Waals surface area contributed by atoms with Gasteiger partial charge in [-0.05, 0) is 35.9 Å². The zero-order valence-electron chi connectivity index (χ0n) is 15.1. The van der Waals surface area contributed by atoms with E-state index in [1.165, 1.54) is 17.8 Å². The quantitative estimate of drug-likeness (QED) is 0.378. The monoisotopic (exact) mass is 420 g/mol. The lowest BCUT2D eigenvalue weighted by Crippen LogP contribution is -2.03. The number of hydrogen-bond donors (Lipinski definition) is 0. The van der Waals surface area contributed by atoms with Gasteiger partial charge in [0.1, 0.15) is 5.82 Å². The summed E-state index contributed by atoms with van der Waals surface area (Å²) in [4.78, 5) is 0. The largest absolute Gasteiger partial charge is 0.267 e. The van der Waals surface area contributed by atoms with Gasteiger partial charge in [-0.25, -0.2) is 4.39 Å². The summed E-state index contributed by atoms with van der Waals surface area (Å²) < 4.78 is 16.3. The highest BCUT2D eigenvalue weighted by Crippen LogP contribution is 2.33. The Bertz CT molecular complexity index is 1220. The molecule has 4 rings (SSSR count). The summed E-state index contributed by atoms with van der Waals surface area (Å²) in [6.45, 7) is 0. The predicted octanol–water partition coefficient (Wildman–Crippen LogP) is 5.89. The van der Waals surface area contributed by atoms with Crippen LogP contribution < -0.4 is 0 Å². The fourth-order valence-corrected chi connectivity index (χ4v) is 4.10. The van der Waals surface area contributed by atoms with Gasteiger partial charge in [0.05, 0.1) is 22.3 Å². The summed E-state index contributed by atoms with van der Waals surface area (Å²) in [5.74, 6) is 0.565. The van der Waals surface area contributed by atoms with Crippen LogP contribution in [0.3, 0.4) is 0 Å². The standard InChI is InChI=1S/C22H14ClFN4S/c23-18-10-4-3-9-17(18)21-26-27-22(28(21)20-12-6-5-11-19(20)24)29-14-16-8-2-1-7-15(16)13-25/h1-12H,14H2. The van der Waals surface area contributed by atoms with Gasteiger partial charge in [-0.1, -0.05) is 65.8 Å². The summed E-state index contributed by atoms with van der Waals surface area (Å²) in [7, 11) is 0. The molecule has 0 spiro atoms. The molecule has 0 unspecified atom stereocenters. The topological polar surface area (TPSA) is 54.5 Å². The summed E-state index contributed by atoms with van der Waals surface area (Å²) in [6.07, 6.45) is 0. The Morgan fingerprint density at radius 3 is 2.48 bits per heavy atom. The maximum Gasteiger partial charge on any atom is 0.196 e. The minimum Gasteiger partial charge on any atom is -0.267 e. The summed E-state index contributed by atoms with van der Waals surface area (Å²) in [5.41, 5.74) is 2.48. The van der Waals surface area contributed by atoms with Gasteiger partial charge in [-0.2, -0.15) is 5.26 Å². The first-order valence-corrected chi connectivity index (χ1v) is 10.1. The van der Waals surface area contributed by atoms with Crippen molar-refractivity contribution in [3.8, 4) is 23.1 Å². The number of thioether (sulfide) groups is 1. The minimum atomic E-state index is -0.389. The molecule has 0 aliphatic heterocycles. The molecule has 3 aromatic carbocycles. The van der Waals surface area contributed by atoms with Gasteiger partial charge >= 0.3 is 0 Å². The molecule has 0 amide bonds. The molecule has 0 fully saturated rings. The molecule has 1 aromatic heterocycles. The summed E-state index contributed by atoms with van der Waals surface area (Å²) in [5, 5.41) is 18.9. The maximum absolute atomic E-state index is 14.6. The molecule has 0 radical (unpaired) electrons. The van der Waals surface area contributed by atoms with Gasteiger partial charge in [-0.15, -0.1) is 10.2 Å². The molecule has 7 heteroatoms. The van der Waals surface area contributed by atoms with Gasteiger partial charge in [-0.3, -0.25) is 4.57 Å². The molecule has 0 atom stereocenters. The molecule has 0 aliphatic carbocycles. The van der Waals surface area contributed by atoms with Crippen LogP contribution in [-0.2, 0) is 5.75 Å². The first kappa shape index (κ1) is 19.2. The van der Waals surface area contributed by atoms with E-state index < -0.39 is 0 Å². The van der Waals surface area contributed by atoms with Crippen molar-refractivity contribution in [2.24, 2.45) is 0 Å². The molecule has 0 N–H and O–H groups in total. The van der Waals surface area contributed by atoms with Gasteiger partial charge in [0, 0.05) is 11.3 Å². The van der Waals surface area contributed by atoms with Crippen molar-refractivity contribution in [2.45, 2.75) is 10.9 Å². The number of aromatic nitrogens is 3. The lowest BCUT2D eigenvalue weighted by atomic mass is 10.1. The maximum atomic E-state index is 14.6. The third-order valence-electron chi connectivity index (χ3n) is 4.34. The van der Waals surface area contributed by atoms with Crippen molar-refractivity contribution < 1.29 is 4.39 Å². The third kappa shape index (κ3) is 3.88. The molecule has 29 heavy (non-hydrogen) atoms. The number of nitrogens with zero attached hydrogens (tertiary/aromatic N) is 4. The van der Waals surface area contributed by atoms with Gasteiger partial charge < -0.3 is 0 Å². The molecule has 0 saturated carbocycles. The average molecular weight is 421 g/mol. The Morgan fingerprint density at radius 2 is 1.69 bits per heavy atom. The van der Waals surface area contributed by atoms with Crippen molar-refractivity contribution in [1.29, 1.82) is 5.26 Å². The SMILES string of the molecule is N#Cc1ccccc1CSc1nnc(-c2ccccc2Cl)n1-c1ccccc1F. The van der Waals surface area contributed by atoms with Gasteiger partial charge in [0.25, 0.3) is 0 Å². The smallest absolute Gasteiger partial charge is 0.196 e. The van der Waals surface area contributed by atoms with E-state index in [-0.39, 0.29) is 5.82 Å². The predicted molar refractivity (Wildman–Crippen MR) is 112 cm³/mol. The highest BCUT2D eigenvalue weighted by Gasteiger charge is 2.20. The first-order chi connectivity index (χ1) is 14.2. The Kier molecular flexibility index (Phi) is 5.61. The van der Waals surface area contributed by atoms with E-state index >= 15 is 0 Å². The molecule has 0 saturated heterocycles. The minimum absolute atomic E-state index is 0.337. The van der Waals surface area contributed by atoms with Gasteiger partial charge in [0.2, 0.25) is 0 Å². The van der Waals surface area contributed by atoms with E-state index in [1.54, 1.807) is 34.9 Å². The number of halogens is 2. The van der Waals surface area contributed by atoms with Crippen LogP contribution in [-0.4, -0.2) is 14.8 Å². The first-order valence-electron chi connectivity index (χ1n) is 8.75. The zero-order chi connectivity index (χ0) is 20.2. The van der Waals surface area contributed by atoms with Crippen LogP contribution in [0, 0.1) is 17.1 Å². The van der Waals surface area contributed by atoms with E-state index in [9.17, 15) is 9.65 Å². The number of para-hydroxylation sites is 1. The fourth-order valence-electron chi connectivity index (χ4n) is 2.93. The van der Waals surface area contributed by atoms with Crippen LogP contribution in [0.4, 0.5) is 4.39 Å². The number of nitriles is 1. The molecule has 0 aliphatic rings. The highest BCUT2D eigenvalue weighted by atomic mass is 35.5. The zero-order valence-corrected chi connectivity index (χ0v) is 16.7. The molecular weight excluding hydrogens is 407 g/mol. The third-order valence-corrected chi connectivity index (χ3v) is 5.64. The second-order valence-corrected chi connectivity index (χ2v) is 7.48. The Morgan fingerprint density at radius 1 is 0.966 bits per heavy atom. The van der Waals surface area contributed by atoms with Crippen molar-refractivity contribution in [1.82, 2.24) is 14.8 Å². The Hall–Kier alpha value is -3.14. The lowest BCUT2D eigenvalue weighted by molar-refractivity contribution is 0.613. The second kappa shape index (κ2) is 8.48. The summed E-state index contributed by atoms with van der Waals surface area (Å²) >= 11 is 7.75. The van der Waals surface area contributed by atoms with Crippen molar-refractivity contribution in [2.75, 3.05) is 0 Å². The normalized spacial score (nSPS) is 10.7. The van der Waals surface area contributed by atoms with Crippen LogP contribution >= 0.6 is 23.4 Å². The molecule has 142 valence electrons. The molecule has 4 aromatic rings. The van der Waals surface area contributed by atoms with Crippen LogP contribution in [0.2, 0.25) is 5.02 Å². The van der Waals surface area contributed by atoms with Crippen LogP contribution in [0.1, 0.15) is 11.1 Å². The van der Waals surface area contributed by atoms with Crippen molar-refractivity contribution >= 4 is 23.4 Å². The van der Waals surface area contributed by atoms with Gasteiger partial charge in [0.15, 0.2) is 11.0 Å². The van der Waals surface area contributed by atoms with Crippen molar-refractivity contribution in [3.05, 3.63) is 94.8 Å². The molecule has 0 bridgehead atoms. The molecule has 1 heterocycles. The number of rotatable bonds is 5. The average Bonchev–Trinajstić information content (AvgIpc) is 3.16. The lowest BCUT2D eigenvalue weighted by Gasteiger charge is -2.12. The van der Waals surface area contributed by atoms with E-state index in [2.05, 4.69) is 16.3 Å². The number of benzene rings is 3. The fraction of sp³-hybridized carbons (Fsp3) is 0.0455. The van der Waals surface area contributed by atoms with E-state index in [0.717, 1.165) is 5.56 Å². The van der Waals surface area contributed by atoms with E-state index in [1.807, 2.05) is 36.4 Å². The molecular formula is C22H14ClFN4S. The Labute approximate surface area is 176 Å². The van der Waals surface area contributed by atoms with Crippen LogP contribution in [0.25, 0.3) is 17.1 Å². The van der Waals surface area contributed by atoms with Crippen molar-refractivity contribution in [3.63, 3.8) is 0 Å². The summed E-state index contributed by atoms with van der Waals surface area (Å²) in [6, 6.07) is 23.3. The van der Waals surface area contributed by atoms with Crippen LogP contribution in [0.5, 0.6) is 0 Å².